The van der Waals surface area contributed by atoms with Crippen LogP contribution in [0.5, 0.6) is 5.75 Å². The first-order chi connectivity index (χ1) is 15.1. The highest BCUT2D eigenvalue weighted by Crippen LogP contribution is 2.23. The molecule has 6 nitrogen and oxygen atoms in total. The lowest BCUT2D eigenvalue weighted by atomic mass is 10.0. The van der Waals surface area contributed by atoms with Crippen molar-refractivity contribution >= 4 is 11.7 Å². The van der Waals surface area contributed by atoms with E-state index < -0.39 is 0 Å². The molecule has 1 heterocycles. The molecule has 0 bridgehead atoms. The van der Waals surface area contributed by atoms with Gasteiger partial charge in [-0.3, -0.25) is 4.90 Å². The Morgan fingerprint density at radius 1 is 1.06 bits per heavy atom. The molecule has 2 amide bonds. The van der Waals surface area contributed by atoms with Gasteiger partial charge in [0.15, 0.2) is 0 Å². The maximum Gasteiger partial charge on any atom is 0.315 e. The van der Waals surface area contributed by atoms with Crippen molar-refractivity contribution in [1.29, 1.82) is 0 Å². The number of rotatable bonds is 9. The molecule has 1 atom stereocenters. The first-order valence-electron chi connectivity index (χ1n) is 11.4. The zero-order valence-corrected chi connectivity index (χ0v) is 19.0. The number of likely N-dealkylation sites (N-methyl/N-ethyl adjacent to an activating group) is 1. The van der Waals surface area contributed by atoms with Gasteiger partial charge in [-0.15, -0.1) is 0 Å². The molecule has 3 rings (SSSR count). The summed E-state index contributed by atoms with van der Waals surface area (Å²) in [5.41, 5.74) is 2.44. The zero-order chi connectivity index (χ0) is 22.1. The highest BCUT2D eigenvalue weighted by atomic mass is 16.5. The van der Waals surface area contributed by atoms with Gasteiger partial charge >= 0.3 is 6.03 Å². The van der Waals surface area contributed by atoms with Gasteiger partial charge in [-0.05, 0) is 55.8 Å². The van der Waals surface area contributed by atoms with Crippen molar-refractivity contribution in [3.05, 3.63) is 60.2 Å². The molecule has 2 N–H and O–H groups in total. The van der Waals surface area contributed by atoms with E-state index in [1.54, 1.807) is 7.11 Å². The summed E-state index contributed by atoms with van der Waals surface area (Å²) in [6.07, 6.45) is 1.88. The lowest BCUT2D eigenvalue weighted by Gasteiger charge is -2.34. The molecule has 0 radical (unpaired) electrons. The lowest BCUT2D eigenvalue weighted by molar-refractivity contribution is 0.204. The largest absolute Gasteiger partial charge is 0.497 e. The van der Waals surface area contributed by atoms with Crippen LogP contribution in [0, 0.1) is 0 Å². The third kappa shape index (κ3) is 6.37. The Balaban J connectivity index is 1.48. The molecule has 1 aliphatic rings. The number of urea groups is 1. The van der Waals surface area contributed by atoms with Gasteiger partial charge in [0, 0.05) is 31.4 Å². The van der Waals surface area contributed by atoms with Crippen LogP contribution in [0.3, 0.4) is 0 Å². The highest BCUT2D eigenvalue weighted by molar-refractivity contribution is 5.74. The van der Waals surface area contributed by atoms with Crippen molar-refractivity contribution in [2.24, 2.45) is 0 Å². The third-order valence-electron chi connectivity index (χ3n) is 6.16. The average Bonchev–Trinajstić information content (AvgIpc) is 2.83. The number of benzene rings is 2. The molecule has 0 aliphatic carbocycles. The molecule has 1 saturated heterocycles. The van der Waals surface area contributed by atoms with Crippen molar-refractivity contribution in [3.8, 4) is 5.75 Å². The number of methoxy groups -OCH3 is 1. The molecule has 0 aromatic heterocycles. The average molecular weight is 425 g/mol. The second-order valence-electron chi connectivity index (χ2n) is 7.96. The van der Waals surface area contributed by atoms with Gasteiger partial charge in [0.25, 0.3) is 0 Å². The number of anilines is 1. The van der Waals surface area contributed by atoms with Crippen LogP contribution in [0.4, 0.5) is 10.5 Å². The summed E-state index contributed by atoms with van der Waals surface area (Å²) in [4.78, 5) is 17.3. The molecule has 168 valence electrons. The van der Waals surface area contributed by atoms with Crippen molar-refractivity contribution in [3.63, 3.8) is 0 Å². The Morgan fingerprint density at radius 3 is 2.29 bits per heavy atom. The fourth-order valence-corrected chi connectivity index (χ4v) is 4.30. The SMILES string of the molecule is CCN(CC)C(CNC(=O)NC1CCN(c2ccc(OC)cc2)CC1)c1ccccc1. The molecule has 6 heteroatoms. The quantitative estimate of drug-likeness (QED) is 0.638. The standard InChI is InChI=1S/C25H36N4O2/c1-4-28(5-2)24(20-9-7-6-8-10-20)19-26-25(30)27-21-15-17-29(18-16-21)22-11-13-23(31-3)14-12-22/h6-14,21,24H,4-5,15-19H2,1-3H3,(H2,26,27,30). The van der Waals surface area contributed by atoms with Gasteiger partial charge in [-0.2, -0.15) is 0 Å². The van der Waals surface area contributed by atoms with Crippen LogP contribution >= 0.6 is 0 Å². The van der Waals surface area contributed by atoms with Gasteiger partial charge in [0.05, 0.1) is 13.2 Å². The summed E-state index contributed by atoms with van der Waals surface area (Å²) >= 11 is 0. The fourth-order valence-electron chi connectivity index (χ4n) is 4.30. The van der Waals surface area contributed by atoms with Crippen molar-refractivity contribution in [2.75, 3.05) is 44.7 Å². The number of ether oxygens (including phenoxy) is 1. The topological polar surface area (TPSA) is 56.8 Å². The van der Waals surface area contributed by atoms with Gasteiger partial charge in [0.2, 0.25) is 0 Å². The van der Waals surface area contributed by atoms with Crippen LogP contribution in [-0.2, 0) is 0 Å². The fraction of sp³-hybridized carbons (Fsp3) is 0.480. The van der Waals surface area contributed by atoms with E-state index in [9.17, 15) is 4.79 Å². The van der Waals surface area contributed by atoms with E-state index >= 15 is 0 Å². The molecule has 1 unspecified atom stereocenters. The van der Waals surface area contributed by atoms with Crippen LogP contribution in [0.1, 0.15) is 38.3 Å². The molecular formula is C25H36N4O2. The van der Waals surface area contributed by atoms with Crippen molar-refractivity contribution < 1.29 is 9.53 Å². The lowest BCUT2D eigenvalue weighted by Crippen LogP contribution is -2.49. The number of carbonyl (C=O) groups is 1. The van der Waals surface area contributed by atoms with Crippen LogP contribution in [-0.4, -0.2) is 56.8 Å². The highest BCUT2D eigenvalue weighted by Gasteiger charge is 2.22. The summed E-state index contributed by atoms with van der Waals surface area (Å²) in [6, 6.07) is 18.9. The third-order valence-corrected chi connectivity index (χ3v) is 6.16. The summed E-state index contributed by atoms with van der Waals surface area (Å²) in [7, 11) is 1.68. The van der Waals surface area contributed by atoms with E-state index in [2.05, 4.69) is 70.7 Å². The van der Waals surface area contributed by atoms with Crippen LogP contribution < -0.4 is 20.3 Å². The van der Waals surface area contributed by atoms with Gasteiger partial charge in [-0.1, -0.05) is 44.2 Å². The number of hydrogen-bond donors (Lipinski definition) is 2. The Bertz CT molecular complexity index is 785. The van der Waals surface area contributed by atoms with Crippen LogP contribution in [0.15, 0.2) is 54.6 Å². The van der Waals surface area contributed by atoms with E-state index in [1.165, 1.54) is 11.3 Å². The second kappa shape index (κ2) is 11.6. The minimum absolute atomic E-state index is 0.0732. The molecular weight excluding hydrogens is 388 g/mol. The molecule has 2 aromatic carbocycles. The molecule has 0 saturated carbocycles. The van der Waals surface area contributed by atoms with E-state index in [0.29, 0.717) is 6.54 Å². The number of carbonyl (C=O) groups excluding carboxylic acids is 1. The van der Waals surface area contributed by atoms with Crippen molar-refractivity contribution in [2.45, 2.75) is 38.8 Å². The van der Waals surface area contributed by atoms with Gasteiger partial charge < -0.3 is 20.3 Å². The van der Waals surface area contributed by atoms with E-state index in [1.807, 2.05) is 18.2 Å². The second-order valence-corrected chi connectivity index (χ2v) is 7.96. The van der Waals surface area contributed by atoms with E-state index in [0.717, 1.165) is 44.8 Å². The maximum absolute atomic E-state index is 12.6. The smallest absolute Gasteiger partial charge is 0.315 e. The van der Waals surface area contributed by atoms with Gasteiger partial charge in [-0.25, -0.2) is 4.79 Å². The van der Waals surface area contributed by atoms with Crippen molar-refractivity contribution in [1.82, 2.24) is 15.5 Å². The van der Waals surface area contributed by atoms with Crippen LogP contribution in [0.2, 0.25) is 0 Å². The summed E-state index contributed by atoms with van der Waals surface area (Å²) < 4.78 is 5.24. The maximum atomic E-state index is 12.6. The Kier molecular flexibility index (Phi) is 8.59. The molecule has 0 spiro atoms. The van der Waals surface area contributed by atoms with Gasteiger partial charge in [0.1, 0.15) is 5.75 Å². The number of piperidine rings is 1. The Hall–Kier alpha value is -2.73. The summed E-state index contributed by atoms with van der Waals surface area (Å²) in [5, 5.41) is 6.29. The number of amides is 2. The first-order valence-corrected chi connectivity index (χ1v) is 11.4. The summed E-state index contributed by atoms with van der Waals surface area (Å²) in [6.45, 7) is 8.69. The summed E-state index contributed by atoms with van der Waals surface area (Å²) in [5.74, 6) is 0.871. The molecule has 2 aromatic rings. The predicted octanol–water partition coefficient (Wildman–Crippen LogP) is 4.05. The molecule has 31 heavy (non-hydrogen) atoms. The zero-order valence-electron chi connectivity index (χ0n) is 19.0. The number of nitrogens with one attached hydrogen (secondary N) is 2. The minimum Gasteiger partial charge on any atom is -0.497 e. The first kappa shape index (κ1) is 22.9. The minimum atomic E-state index is -0.0732. The Labute approximate surface area is 186 Å². The Morgan fingerprint density at radius 2 is 1.71 bits per heavy atom. The monoisotopic (exact) mass is 424 g/mol. The molecule has 1 aliphatic heterocycles. The molecule has 1 fully saturated rings. The van der Waals surface area contributed by atoms with Crippen LogP contribution in [0.25, 0.3) is 0 Å². The normalized spacial score (nSPS) is 15.5. The number of hydrogen-bond acceptors (Lipinski definition) is 4. The van der Waals surface area contributed by atoms with E-state index in [4.69, 9.17) is 4.74 Å². The number of nitrogens with zero attached hydrogens (tertiary/aromatic N) is 2. The predicted molar refractivity (Wildman–Crippen MR) is 127 cm³/mol. The van der Waals surface area contributed by atoms with E-state index in [-0.39, 0.29) is 18.1 Å².